The first-order chi connectivity index (χ1) is 15.7. The quantitative estimate of drug-likeness (QED) is 0.562. The van der Waals surface area contributed by atoms with E-state index >= 15 is 0 Å². The highest BCUT2D eigenvalue weighted by molar-refractivity contribution is 6.04. The third-order valence-electron chi connectivity index (χ3n) is 5.77. The number of amides is 1. The molecule has 1 saturated heterocycles. The molecular weight excluding hydrogens is 439 g/mol. The van der Waals surface area contributed by atoms with Crippen LogP contribution in [0.15, 0.2) is 36.5 Å². The van der Waals surface area contributed by atoms with Gasteiger partial charge in [-0.15, -0.1) is 0 Å². The van der Waals surface area contributed by atoms with Crippen LogP contribution >= 0.6 is 0 Å². The van der Waals surface area contributed by atoms with Crippen molar-refractivity contribution in [3.05, 3.63) is 53.5 Å². The fourth-order valence-electron chi connectivity index (χ4n) is 3.90. The number of likely N-dealkylation sites (tertiary alicyclic amines) is 1. The van der Waals surface area contributed by atoms with E-state index in [1.54, 1.807) is 12.1 Å². The molecule has 176 valence electrons. The molecule has 4 rings (SSSR count). The topological polar surface area (TPSA) is 92.5 Å². The number of aromatic nitrogens is 3. The summed E-state index contributed by atoms with van der Waals surface area (Å²) in [5, 5.41) is 18.2. The molecule has 11 heteroatoms. The summed E-state index contributed by atoms with van der Waals surface area (Å²) >= 11 is 0. The number of methoxy groups -OCH3 is 1. The second-order valence-corrected chi connectivity index (χ2v) is 8.09. The van der Waals surface area contributed by atoms with E-state index in [9.17, 15) is 23.1 Å². The summed E-state index contributed by atoms with van der Waals surface area (Å²) < 4.78 is 45.8. The zero-order valence-corrected chi connectivity index (χ0v) is 18.1. The molecule has 1 unspecified atom stereocenters. The number of aliphatic hydroxyl groups is 1. The summed E-state index contributed by atoms with van der Waals surface area (Å²) in [6, 6.07) is 6.55. The lowest BCUT2D eigenvalue weighted by Gasteiger charge is -2.28. The summed E-state index contributed by atoms with van der Waals surface area (Å²) in [7, 11) is 3.37. The van der Waals surface area contributed by atoms with E-state index in [1.165, 1.54) is 13.2 Å². The minimum atomic E-state index is -4.67. The summed E-state index contributed by atoms with van der Waals surface area (Å²) in [5.74, 6) is -0.840. The zero-order chi connectivity index (χ0) is 23.8. The monoisotopic (exact) mass is 463 g/mol. The molecule has 2 aromatic heterocycles. The molecule has 0 saturated carbocycles. The molecule has 3 heterocycles. The van der Waals surface area contributed by atoms with E-state index in [-0.39, 0.29) is 17.3 Å². The number of anilines is 1. The number of nitrogens with zero attached hydrogens (tertiary/aromatic N) is 4. The summed E-state index contributed by atoms with van der Waals surface area (Å²) in [6.45, 7) is 1.92. The van der Waals surface area contributed by atoms with Gasteiger partial charge < -0.3 is 20.1 Å². The molecule has 0 radical (unpaired) electrons. The van der Waals surface area contributed by atoms with Crippen molar-refractivity contribution in [1.29, 1.82) is 0 Å². The number of ether oxygens (including phenoxy) is 1. The Morgan fingerprint density at radius 1 is 1.27 bits per heavy atom. The maximum Gasteiger partial charge on any atom is 0.433 e. The van der Waals surface area contributed by atoms with Gasteiger partial charge in [0, 0.05) is 24.3 Å². The van der Waals surface area contributed by atoms with E-state index < -0.39 is 29.8 Å². The Kier molecular flexibility index (Phi) is 6.37. The number of halogens is 3. The van der Waals surface area contributed by atoms with Crippen molar-refractivity contribution in [3.63, 3.8) is 0 Å². The van der Waals surface area contributed by atoms with Crippen LogP contribution in [0.1, 0.15) is 46.9 Å². The normalized spacial score (nSPS) is 16.8. The van der Waals surface area contributed by atoms with Crippen LogP contribution in [0.2, 0.25) is 0 Å². The Morgan fingerprint density at radius 2 is 2.00 bits per heavy atom. The molecule has 1 fully saturated rings. The molecule has 0 spiro atoms. The van der Waals surface area contributed by atoms with Gasteiger partial charge in [0.2, 0.25) is 0 Å². The number of alkyl halides is 3. The average Bonchev–Trinajstić information content (AvgIpc) is 3.21. The lowest BCUT2D eigenvalue weighted by atomic mass is 10.1. The maximum atomic E-state index is 13.0. The zero-order valence-electron chi connectivity index (χ0n) is 18.1. The molecular formula is C22H24F3N5O3. The van der Waals surface area contributed by atoms with E-state index in [4.69, 9.17) is 4.74 Å². The molecule has 1 aliphatic heterocycles. The predicted octanol–water partition coefficient (Wildman–Crippen LogP) is 3.61. The minimum absolute atomic E-state index is 0.198. The van der Waals surface area contributed by atoms with Crippen molar-refractivity contribution >= 4 is 22.5 Å². The lowest BCUT2D eigenvalue weighted by molar-refractivity contribution is -0.141. The molecule has 2 N–H and O–H groups in total. The first-order valence-corrected chi connectivity index (χ1v) is 10.4. The number of benzene rings is 1. The standard InChI is InChI=1S/C22H24F3N5O3/c1-29-8-6-14(7-9-29)30-12-13-10-18(15(21(32)33-2)11-17(13)28-30)27-20(31)16-4-3-5-19(26-16)22(23,24)25/h3-5,10-12,14,21,32H,6-9H2,1-2H3,(H,27,31). The summed E-state index contributed by atoms with van der Waals surface area (Å²) in [5.41, 5.74) is -0.523. The van der Waals surface area contributed by atoms with E-state index in [2.05, 4.69) is 27.3 Å². The van der Waals surface area contributed by atoms with Crippen LogP contribution < -0.4 is 5.32 Å². The number of carbonyl (C=O) groups is 1. The molecule has 1 aromatic carbocycles. The average molecular weight is 463 g/mol. The van der Waals surface area contributed by atoms with Crippen LogP contribution in [-0.2, 0) is 10.9 Å². The van der Waals surface area contributed by atoms with E-state index in [1.807, 2.05) is 10.9 Å². The van der Waals surface area contributed by atoms with Crippen LogP contribution in [0, 0.1) is 0 Å². The Hall–Kier alpha value is -3.02. The first-order valence-electron chi connectivity index (χ1n) is 10.4. The number of rotatable bonds is 5. The predicted molar refractivity (Wildman–Crippen MR) is 115 cm³/mol. The van der Waals surface area contributed by atoms with E-state index in [0.29, 0.717) is 10.9 Å². The molecule has 33 heavy (non-hydrogen) atoms. The van der Waals surface area contributed by atoms with Crippen molar-refractivity contribution < 1.29 is 27.8 Å². The van der Waals surface area contributed by atoms with Gasteiger partial charge in [0.25, 0.3) is 5.91 Å². The van der Waals surface area contributed by atoms with Crippen molar-refractivity contribution in [2.45, 2.75) is 31.3 Å². The van der Waals surface area contributed by atoms with Crippen LogP contribution in [0.5, 0.6) is 0 Å². The summed E-state index contributed by atoms with van der Waals surface area (Å²) in [6.07, 6.45) is -2.28. The molecule has 8 nitrogen and oxygen atoms in total. The lowest BCUT2D eigenvalue weighted by Crippen LogP contribution is -2.31. The number of hydrogen-bond acceptors (Lipinski definition) is 6. The highest BCUT2D eigenvalue weighted by Crippen LogP contribution is 2.32. The second-order valence-electron chi connectivity index (χ2n) is 8.09. The van der Waals surface area contributed by atoms with Gasteiger partial charge in [0.15, 0.2) is 6.29 Å². The fourth-order valence-corrected chi connectivity index (χ4v) is 3.90. The minimum Gasteiger partial charge on any atom is -0.364 e. The van der Waals surface area contributed by atoms with Gasteiger partial charge in [0.05, 0.1) is 17.2 Å². The van der Waals surface area contributed by atoms with Gasteiger partial charge in [-0.3, -0.25) is 9.48 Å². The number of pyridine rings is 1. The van der Waals surface area contributed by atoms with Gasteiger partial charge in [-0.1, -0.05) is 6.07 Å². The Morgan fingerprint density at radius 3 is 2.67 bits per heavy atom. The Balaban J connectivity index is 1.66. The summed E-state index contributed by atoms with van der Waals surface area (Å²) in [4.78, 5) is 18.4. The van der Waals surface area contributed by atoms with Crippen molar-refractivity contribution in [3.8, 4) is 0 Å². The van der Waals surface area contributed by atoms with Gasteiger partial charge in [-0.2, -0.15) is 18.3 Å². The molecule has 1 aliphatic rings. The highest BCUT2D eigenvalue weighted by Gasteiger charge is 2.33. The van der Waals surface area contributed by atoms with Crippen LogP contribution in [-0.4, -0.2) is 57.9 Å². The number of hydrogen-bond donors (Lipinski definition) is 2. The number of nitrogens with one attached hydrogen (secondary N) is 1. The third-order valence-corrected chi connectivity index (χ3v) is 5.77. The molecule has 1 atom stereocenters. The fraction of sp³-hybridized carbons (Fsp3) is 0.409. The number of piperidine rings is 1. The van der Waals surface area contributed by atoms with E-state index in [0.717, 1.165) is 38.1 Å². The third kappa shape index (κ3) is 5.00. The van der Waals surface area contributed by atoms with Crippen molar-refractivity contribution in [1.82, 2.24) is 19.7 Å². The number of carbonyl (C=O) groups excluding carboxylic acids is 1. The Bertz CT molecular complexity index is 1160. The molecule has 1 amide bonds. The van der Waals surface area contributed by atoms with Gasteiger partial charge in [-0.25, -0.2) is 4.98 Å². The number of fused-ring (bicyclic) bond motifs is 1. The highest BCUT2D eigenvalue weighted by atomic mass is 19.4. The smallest absolute Gasteiger partial charge is 0.364 e. The Labute approximate surface area is 188 Å². The van der Waals surface area contributed by atoms with Gasteiger partial charge >= 0.3 is 6.18 Å². The van der Waals surface area contributed by atoms with Crippen LogP contribution in [0.3, 0.4) is 0 Å². The number of aliphatic hydroxyl groups excluding tert-OH is 1. The van der Waals surface area contributed by atoms with Gasteiger partial charge in [-0.05, 0) is 57.2 Å². The second kappa shape index (κ2) is 9.08. The first kappa shape index (κ1) is 23.1. The van der Waals surface area contributed by atoms with Crippen LogP contribution in [0.4, 0.5) is 18.9 Å². The van der Waals surface area contributed by atoms with Crippen LogP contribution in [0.25, 0.3) is 10.9 Å². The largest absolute Gasteiger partial charge is 0.433 e. The SMILES string of the molecule is COC(O)c1cc2nn(C3CCN(C)CC3)cc2cc1NC(=O)c1cccc(C(F)(F)F)n1. The van der Waals surface area contributed by atoms with Crippen molar-refractivity contribution in [2.75, 3.05) is 32.6 Å². The van der Waals surface area contributed by atoms with Gasteiger partial charge in [0.1, 0.15) is 11.4 Å². The molecule has 0 bridgehead atoms. The molecule has 3 aromatic rings. The van der Waals surface area contributed by atoms with Crippen molar-refractivity contribution in [2.24, 2.45) is 0 Å². The molecule has 0 aliphatic carbocycles. The maximum absolute atomic E-state index is 13.0.